The van der Waals surface area contributed by atoms with Crippen LogP contribution in [0.3, 0.4) is 0 Å². The molecule has 86 valence electrons. The number of carbonyl (C=O) groups excluding carboxylic acids is 1. The topological polar surface area (TPSA) is 70.0 Å². The number of benzene rings is 1. The molecule has 1 amide bonds. The van der Waals surface area contributed by atoms with E-state index in [-0.39, 0.29) is 5.91 Å². The van der Waals surface area contributed by atoms with Crippen molar-refractivity contribution in [1.82, 2.24) is 4.90 Å². The van der Waals surface area contributed by atoms with Crippen molar-refractivity contribution >= 4 is 13.2 Å². The summed E-state index contributed by atoms with van der Waals surface area (Å²) in [6.07, 6.45) is 0. The molecular weight excluding hydrogens is 209 g/mol. The lowest BCUT2D eigenvalue weighted by atomic mass is 10.1. The Morgan fingerprint density at radius 3 is 2.44 bits per heavy atom. The lowest BCUT2D eigenvalue weighted by Crippen LogP contribution is -2.23. The summed E-state index contributed by atoms with van der Waals surface area (Å²) in [4.78, 5) is 13.2. The van der Waals surface area contributed by atoms with E-state index in [1.54, 1.807) is 33.2 Å². The standard InChI is InChI=1S/C10H14BNO4/c1-7-6-8(16-11(14)15)4-5-9(7)10(13)12(2)3/h4-6,14-15H,1-3H3. The quantitative estimate of drug-likeness (QED) is 0.710. The molecule has 0 fully saturated rings. The van der Waals surface area contributed by atoms with E-state index in [9.17, 15) is 4.79 Å². The lowest BCUT2D eigenvalue weighted by Gasteiger charge is -2.13. The molecule has 0 atom stereocenters. The highest BCUT2D eigenvalue weighted by Crippen LogP contribution is 2.18. The number of nitrogens with zero attached hydrogens (tertiary/aromatic N) is 1. The highest BCUT2D eigenvalue weighted by Gasteiger charge is 2.14. The van der Waals surface area contributed by atoms with Crippen LogP contribution < -0.4 is 4.65 Å². The summed E-state index contributed by atoms with van der Waals surface area (Å²) in [5.41, 5.74) is 1.28. The molecule has 0 aliphatic heterocycles. The molecule has 1 aromatic carbocycles. The van der Waals surface area contributed by atoms with Crippen molar-refractivity contribution in [3.05, 3.63) is 29.3 Å². The van der Waals surface area contributed by atoms with Crippen molar-refractivity contribution < 1.29 is 19.5 Å². The second kappa shape index (κ2) is 5.00. The highest BCUT2D eigenvalue weighted by atomic mass is 16.6. The zero-order valence-corrected chi connectivity index (χ0v) is 9.47. The maximum Gasteiger partial charge on any atom is 0.707 e. The van der Waals surface area contributed by atoms with Crippen LogP contribution in [0.1, 0.15) is 15.9 Å². The molecule has 0 heterocycles. The second-order valence-electron chi connectivity index (χ2n) is 3.62. The lowest BCUT2D eigenvalue weighted by molar-refractivity contribution is 0.0827. The fourth-order valence-electron chi connectivity index (χ4n) is 1.31. The molecule has 16 heavy (non-hydrogen) atoms. The molecule has 0 saturated heterocycles. The van der Waals surface area contributed by atoms with Crippen molar-refractivity contribution in [3.63, 3.8) is 0 Å². The van der Waals surface area contributed by atoms with Crippen molar-refractivity contribution in [2.75, 3.05) is 14.1 Å². The normalized spacial score (nSPS) is 9.81. The monoisotopic (exact) mass is 223 g/mol. The Hall–Kier alpha value is -1.53. The number of hydrogen-bond donors (Lipinski definition) is 2. The molecule has 0 aromatic heterocycles. The average molecular weight is 223 g/mol. The first-order valence-corrected chi connectivity index (χ1v) is 4.77. The van der Waals surface area contributed by atoms with Gasteiger partial charge in [-0.15, -0.1) is 0 Å². The molecule has 0 saturated carbocycles. The van der Waals surface area contributed by atoms with Gasteiger partial charge in [-0.3, -0.25) is 4.79 Å². The first kappa shape index (κ1) is 12.5. The Labute approximate surface area is 94.4 Å². The van der Waals surface area contributed by atoms with Crippen LogP contribution in [-0.2, 0) is 0 Å². The Balaban J connectivity index is 2.96. The summed E-state index contributed by atoms with van der Waals surface area (Å²) < 4.78 is 4.68. The van der Waals surface area contributed by atoms with E-state index in [1.165, 1.54) is 11.0 Å². The third-order valence-electron chi connectivity index (χ3n) is 2.08. The van der Waals surface area contributed by atoms with Crippen molar-refractivity contribution in [2.45, 2.75) is 6.92 Å². The maximum absolute atomic E-state index is 11.7. The van der Waals surface area contributed by atoms with Crippen LogP contribution in [0.4, 0.5) is 0 Å². The van der Waals surface area contributed by atoms with Crippen molar-refractivity contribution in [3.8, 4) is 5.75 Å². The van der Waals surface area contributed by atoms with Gasteiger partial charge in [0.05, 0.1) is 0 Å². The Bertz CT molecular complexity index is 392. The van der Waals surface area contributed by atoms with Crippen LogP contribution in [0.2, 0.25) is 0 Å². The minimum absolute atomic E-state index is 0.103. The SMILES string of the molecule is Cc1cc(OB(O)O)ccc1C(=O)N(C)C. The summed E-state index contributed by atoms with van der Waals surface area (Å²) in [5.74, 6) is 0.205. The third-order valence-corrected chi connectivity index (χ3v) is 2.08. The van der Waals surface area contributed by atoms with E-state index in [0.717, 1.165) is 5.56 Å². The first-order chi connectivity index (χ1) is 7.41. The number of hydrogen-bond acceptors (Lipinski definition) is 4. The van der Waals surface area contributed by atoms with Gasteiger partial charge in [0.1, 0.15) is 5.75 Å². The Kier molecular flexibility index (Phi) is 3.92. The number of rotatable bonds is 3. The molecule has 6 heteroatoms. The molecule has 0 unspecified atom stereocenters. The van der Waals surface area contributed by atoms with Crippen molar-refractivity contribution in [1.29, 1.82) is 0 Å². The van der Waals surface area contributed by atoms with Crippen LogP contribution in [0.5, 0.6) is 5.75 Å². The predicted molar refractivity (Wildman–Crippen MR) is 60.0 cm³/mol. The zero-order valence-electron chi connectivity index (χ0n) is 9.47. The van der Waals surface area contributed by atoms with Crippen LogP contribution in [0, 0.1) is 6.92 Å². The average Bonchev–Trinajstić information content (AvgIpc) is 2.15. The van der Waals surface area contributed by atoms with Gasteiger partial charge >= 0.3 is 7.32 Å². The molecule has 1 aromatic rings. The Morgan fingerprint density at radius 2 is 2.00 bits per heavy atom. The zero-order chi connectivity index (χ0) is 12.3. The molecule has 0 spiro atoms. The minimum Gasteiger partial charge on any atom is -0.512 e. The largest absolute Gasteiger partial charge is 0.707 e. The molecule has 5 nitrogen and oxygen atoms in total. The fourth-order valence-corrected chi connectivity index (χ4v) is 1.31. The van der Waals surface area contributed by atoms with E-state index in [4.69, 9.17) is 10.0 Å². The van der Waals surface area contributed by atoms with Gasteiger partial charge in [-0.25, -0.2) is 0 Å². The smallest absolute Gasteiger partial charge is 0.512 e. The molecule has 0 aliphatic carbocycles. The van der Waals surface area contributed by atoms with E-state index >= 15 is 0 Å². The first-order valence-electron chi connectivity index (χ1n) is 4.77. The van der Waals surface area contributed by atoms with Gasteiger partial charge in [-0.1, -0.05) is 0 Å². The van der Waals surface area contributed by atoms with E-state index in [1.807, 2.05) is 0 Å². The van der Waals surface area contributed by atoms with Gasteiger partial charge in [0, 0.05) is 19.7 Å². The van der Waals surface area contributed by atoms with E-state index in [0.29, 0.717) is 11.3 Å². The van der Waals surface area contributed by atoms with Crippen LogP contribution in [0.25, 0.3) is 0 Å². The third kappa shape index (κ3) is 2.98. The van der Waals surface area contributed by atoms with Gasteiger partial charge in [-0.05, 0) is 30.7 Å². The molecule has 2 N–H and O–H groups in total. The van der Waals surface area contributed by atoms with Crippen LogP contribution in [0.15, 0.2) is 18.2 Å². The molecular formula is C10H14BNO4. The number of amides is 1. The van der Waals surface area contributed by atoms with Crippen LogP contribution in [-0.4, -0.2) is 42.3 Å². The van der Waals surface area contributed by atoms with Crippen molar-refractivity contribution in [2.24, 2.45) is 0 Å². The van der Waals surface area contributed by atoms with Gasteiger partial charge in [0.2, 0.25) is 0 Å². The molecule has 0 radical (unpaired) electrons. The second-order valence-corrected chi connectivity index (χ2v) is 3.62. The van der Waals surface area contributed by atoms with E-state index < -0.39 is 7.32 Å². The van der Waals surface area contributed by atoms with Gasteiger partial charge in [0.15, 0.2) is 0 Å². The number of carbonyl (C=O) groups is 1. The highest BCUT2D eigenvalue weighted by molar-refractivity contribution is 6.33. The van der Waals surface area contributed by atoms with Gasteiger partial charge in [-0.2, -0.15) is 0 Å². The van der Waals surface area contributed by atoms with Gasteiger partial charge < -0.3 is 19.6 Å². The fraction of sp³-hybridized carbons (Fsp3) is 0.300. The minimum atomic E-state index is -1.85. The van der Waals surface area contributed by atoms with Gasteiger partial charge in [0.25, 0.3) is 5.91 Å². The van der Waals surface area contributed by atoms with Crippen LogP contribution >= 0.6 is 0 Å². The molecule has 0 aliphatic rings. The summed E-state index contributed by atoms with van der Waals surface area (Å²) in [5, 5.41) is 17.2. The molecule has 1 rings (SSSR count). The molecule has 0 bridgehead atoms. The van der Waals surface area contributed by atoms with E-state index in [2.05, 4.69) is 4.65 Å². The number of aryl methyl sites for hydroxylation is 1. The summed E-state index contributed by atoms with van der Waals surface area (Å²) in [7, 11) is 1.49. The summed E-state index contributed by atoms with van der Waals surface area (Å²) >= 11 is 0. The summed E-state index contributed by atoms with van der Waals surface area (Å²) in [6, 6.07) is 4.69. The Morgan fingerprint density at radius 1 is 1.38 bits per heavy atom. The predicted octanol–water partition coefficient (Wildman–Crippen LogP) is 0.0451. The summed E-state index contributed by atoms with van der Waals surface area (Å²) in [6.45, 7) is 1.76. The maximum atomic E-state index is 11.7.